The van der Waals surface area contributed by atoms with Crippen LogP contribution in [0.15, 0.2) is 53.8 Å². The van der Waals surface area contributed by atoms with Gasteiger partial charge in [0.25, 0.3) is 5.56 Å². The van der Waals surface area contributed by atoms with Crippen LogP contribution in [-0.2, 0) is 6.54 Å². The SMILES string of the molecule is C=CCn1c(C(=O)c2cc(OC)c(OC)c(OC)c2)nc2ccccc2c1=O. The zero-order valence-electron chi connectivity index (χ0n) is 15.9. The van der Waals surface area contributed by atoms with E-state index in [9.17, 15) is 9.59 Å². The summed E-state index contributed by atoms with van der Waals surface area (Å²) in [6, 6.07) is 9.95. The van der Waals surface area contributed by atoms with Gasteiger partial charge in [-0.2, -0.15) is 0 Å². The van der Waals surface area contributed by atoms with E-state index in [0.717, 1.165) is 0 Å². The van der Waals surface area contributed by atoms with Gasteiger partial charge in [-0.25, -0.2) is 4.98 Å². The minimum atomic E-state index is -0.441. The van der Waals surface area contributed by atoms with Crippen LogP contribution in [0.3, 0.4) is 0 Å². The fourth-order valence-electron chi connectivity index (χ4n) is 2.98. The number of allylic oxidation sites excluding steroid dienone is 1. The molecule has 0 bridgehead atoms. The van der Waals surface area contributed by atoms with Crippen molar-refractivity contribution >= 4 is 16.7 Å². The number of carbonyl (C=O) groups excluding carboxylic acids is 1. The molecule has 2 aromatic carbocycles. The zero-order chi connectivity index (χ0) is 20.3. The van der Waals surface area contributed by atoms with Crippen molar-refractivity contribution in [3.63, 3.8) is 0 Å². The molecule has 0 unspecified atom stereocenters. The minimum absolute atomic E-state index is 0.0119. The van der Waals surface area contributed by atoms with Gasteiger partial charge >= 0.3 is 0 Å². The van der Waals surface area contributed by atoms with E-state index in [1.54, 1.807) is 30.3 Å². The summed E-state index contributed by atoms with van der Waals surface area (Å²) in [5.41, 5.74) is 0.402. The van der Waals surface area contributed by atoms with E-state index in [0.29, 0.717) is 28.2 Å². The van der Waals surface area contributed by atoms with Crippen LogP contribution in [0.1, 0.15) is 16.2 Å². The van der Waals surface area contributed by atoms with Gasteiger partial charge in [0.05, 0.1) is 32.2 Å². The fraction of sp³-hybridized carbons (Fsp3) is 0.190. The number of hydrogen-bond acceptors (Lipinski definition) is 6. The molecule has 0 aliphatic heterocycles. The lowest BCUT2D eigenvalue weighted by molar-refractivity contribution is 0.102. The average Bonchev–Trinajstić information content (AvgIpc) is 2.74. The highest BCUT2D eigenvalue weighted by Crippen LogP contribution is 2.38. The summed E-state index contributed by atoms with van der Waals surface area (Å²) in [5, 5.41) is 0.436. The smallest absolute Gasteiger partial charge is 0.262 e. The van der Waals surface area contributed by atoms with E-state index in [2.05, 4.69) is 11.6 Å². The molecule has 0 aliphatic carbocycles. The molecule has 0 radical (unpaired) electrons. The highest BCUT2D eigenvalue weighted by Gasteiger charge is 2.22. The predicted octanol–water partition coefficient (Wildman–Crippen LogP) is 2.84. The number of ketones is 1. The molecule has 7 nitrogen and oxygen atoms in total. The first-order chi connectivity index (χ1) is 13.5. The highest BCUT2D eigenvalue weighted by atomic mass is 16.5. The van der Waals surface area contributed by atoms with Crippen molar-refractivity contribution in [1.82, 2.24) is 9.55 Å². The number of aromatic nitrogens is 2. The summed E-state index contributed by atoms with van der Waals surface area (Å²) in [4.78, 5) is 30.6. The maximum atomic E-state index is 13.3. The molecule has 1 heterocycles. The van der Waals surface area contributed by atoms with Gasteiger partial charge in [0.15, 0.2) is 17.3 Å². The number of methoxy groups -OCH3 is 3. The summed E-state index contributed by atoms with van der Waals surface area (Å²) in [6.07, 6.45) is 1.55. The minimum Gasteiger partial charge on any atom is -0.493 e. The number of benzene rings is 2. The Bertz CT molecular complexity index is 1090. The lowest BCUT2D eigenvalue weighted by Gasteiger charge is -2.15. The van der Waals surface area contributed by atoms with Gasteiger partial charge in [-0.3, -0.25) is 14.2 Å². The molecule has 1 aromatic heterocycles. The molecule has 0 amide bonds. The number of carbonyl (C=O) groups is 1. The Kier molecular flexibility index (Phi) is 5.44. The predicted molar refractivity (Wildman–Crippen MR) is 106 cm³/mol. The first kappa shape index (κ1) is 19.2. The molecular formula is C21H20N2O5. The fourth-order valence-corrected chi connectivity index (χ4v) is 2.98. The normalized spacial score (nSPS) is 10.5. The molecule has 0 saturated heterocycles. The molecule has 3 rings (SSSR count). The summed E-state index contributed by atoms with van der Waals surface area (Å²) in [7, 11) is 4.41. The first-order valence-corrected chi connectivity index (χ1v) is 8.50. The Hall–Kier alpha value is -3.61. The van der Waals surface area contributed by atoms with Crippen molar-refractivity contribution in [2.75, 3.05) is 21.3 Å². The quantitative estimate of drug-likeness (QED) is 0.463. The van der Waals surface area contributed by atoms with E-state index in [-0.39, 0.29) is 23.5 Å². The number of ether oxygens (including phenoxy) is 3. The largest absolute Gasteiger partial charge is 0.493 e. The average molecular weight is 380 g/mol. The van der Waals surface area contributed by atoms with Gasteiger partial charge in [-0.05, 0) is 24.3 Å². The van der Waals surface area contributed by atoms with Crippen LogP contribution in [0.2, 0.25) is 0 Å². The lowest BCUT2D eigenvalue weighted by Crippen LogP contribution is -2.28. The van der Waals surface area contributed by atoms with Gasteiger partial charge in [0, 0.05) is 12.1 Å². The molecular weight excluding hydrogens is 360 g/mol. The third-order valence-electron chi connectivity index (χ3n) is 4.30. The Balaban J connectivity index is 2.25. The summed E-state index contributed by atoms with van der Waals surface area (Å²) >= 11 is 0. The number of para-hydroxylation sites is 1. The van der Waals surface area contributed by atoms with Crippen LogP contribution in [0.4, 0.5) is 0 Å². The number of fused-ring (bicyclic) bond motifs is 1. The Labute approximate surface area is 161 Å². The van der Waals surface area contributed by atoms with Gasteiger partial charge in [0.2, 0.25) is 11.5 Å². The van der Waals surface area contributed by atoms with Crippen molar-refractivity contribution in [2.24, 2.45) is 0 Å². The first-order valence-electron chi connectivity index (χ1n) is 8.50. The molecule has 28 heavy (non-hydrogen) atoms. The Morgan fingerprint density at radius 1 is 1.11 bits per heavy atom. The Morgan fingerprint density at radius 2 is 1.75 bits per heavy atom. The van der Waals surface area contributed by atoms with Crippen LogP contribution in [0, 0.1) is 0 Å². The van der Waals surface area contributed by atoms with E-state index in [1.165, 1.54) is 38.0 Å². The van der Waals surface area contributed by atoms with Crippen LogP contribution < -0.4 is 19.8 Å². The molecule has 3 aromatic rings. The van der Waals surface area contributed by atoms with Crippen molar-refractivity contribution in [2.45, 2.75) is 6.54 Å². The second kappa shape index (κ2) is 7.96. The van der Waals surface area contributed by atoms with Crippen LogP contribution in [-0.4, -0.2) is 36.7 Å². The molecule has 0 spiro atoms. The van der Waals surface area contributed by atoms with Crippen molar-refractivity contribution in [1.29, 1.82) is 0 Å². The molecule has 7 heteroatoms. The van der Waals surface area contributed by atoms with Crippen LogP contribution in [0.25, 0.3) is 10.9 Å². The second-order valence-corrected chi connectivity index (χ2v) is 5.90. The van der Waals surface area contributed by atoms with Crippen molar-refractivity contribution in [3.8, 4) is 17.2 Å². The van der Waals surface area contributed by atoms with Gasteiger partial charge < -0.3 is 14.2 Å². The summed E-state index contributed by atoms with van der Waals surface area (Å²) in [6.45, 7) is 3.83. The third-order valence-corrected chi connectivity index (χ3v) is 4.30. The number of rotatable bonds is 7. The molecule has 0 saturated carbocycles. The molecule has 0 N–H and O–H groups in total. The topological polar surface area (TPSA) is 79.7 Å². The molecule has 0 fully saturated rings. The maximum absolute atomic E-state index is 13.3. The van der Waals surface area contributed by atoms with E-state index in [1.807, 2.05) is 0 Å². The molecule has 0 atom stereocenters. The summed E-state index contributed by atoms with van der Waals surface area (Å²) < 4.78 is 17.2. The van der Waals surface area contributed by atoms with Gasteiger partial charge in [-0.15, -0.1) is 6.58 Å². The molecule has 144 valence electrons. The van der Waals surface area contributed by atoms with Crippen molar-refractivity contribution < 1.29 is 19.0 Å². The lowest BCUT2D eigenvalue weighted by atomic mass is 10.1. The maximum Gasteiger partial charge on any atom is 0.262 e. The highest BCUT2D eigenvalue weighted by molar-refractivity contribution is 6.08. The Morgan fingerprint density at radius 3 is 2.32 bits per heavy atom. The molecule has 0 aliphatic rings. The van der Waals surface area contributed by atoms with E-state index < -0.39 is 5.78 Å². The van der Waals surface area contributed by atoms with Crippen molar-refractivity contribution in [3.05, 3.63) is 70.8 Å². The van der Waals surface area contributed by atoms with Crippen LogP contribution in [0.5, 0.6) is 17.2 Å². The second-order valence-electron chi connectivity index (χ2n) is 5.90. The standard InChI is InChI=1S/C21H20N2O5/c1-5-10-23-20(22-15-9-7-6-8-14(15)21(23)25)18(24)13-11-16(26-2)19(28-4)17(12-13)27-3/h5-9,11-12H,1,10H2,2-4H3. The third kappa shape index (κ3) is 3.22. The van der Waals surface area contributed by atoms with Gasteiger partial charge in [0.1, 0.15) is 0 Å². The van der Waals surface area contributed by atoms with Gasteiger partial charge in [-0.1, -0.05) is 18.2 Å². The zero-order valence-corrected chi connectivity index (χ0v) is 15.9. The monoisotopic (exact) mass is 380 g/mol. The number of hydrogen-bond donors (Lipinski definition) is 0. The van der Waals surface area contributed by atoms with Crippen LogP contribution >= 0.6 is 0 Å². The summed E-state index contributed by atoms with van der Waals surface area (Å²) in [5.74, 6) is 0.616. The van der Waals surface area contributed by atoms with E-state index in [4.69, 9.17) is 14.2 Å². The number of nitrogens with zero attached hydrogens (tertiary/aromatic N) is 2. The van der Waals surface area contributed by atoms with E-state index >= 15 is 0 Å².